The summed E-state index contributed by atoms with van der Waals surface area (Å²) in [4.78, 5) is 24.6. The van der Waals surface area contributed by atoms with Crippen LogP contribution < -0.4 is 5.32 Å². The molecule has 0 aromatic rings. The van der Waals surface area contributed by atoms with Crippen LogP contribution in [0, 0.1) is 0 Å². The molecule has 1 amide bonds. The number of rotatable bonds is 63. The number of unbranched alkanes of at least 4 members (excludes halogenated alkanes) is 48. The van der Waals surface area contributed by atoms with Crippen LogP contribution in [0.4, 0.5) is 0 Å². The Labute approximate surface area is 462 Å². The maximum absolute atomic E-state index is 12.5. The Hall–Kier alpha value is -1.66. The van der Waals surface area contributed by atoms with Gasteiger partial charge in [-0.3, -0.25) is 9.59 Å². The standard InChI is InChI=1S/C68H131NO5/c1-3-5-7-9-11-13-15-17-19-21-22-23-24-25-29-32-36-40-44-48-52-56-60-66(71)65(64-70)69-67(72)61-57-53-49-45-41-37-33-30-26-27-31-35-39-43-47-51-55-59-63-74-68(73)62-58-54-50-46-42-38-34-28-20-18-16-14-12-10-8-6-4-2/h12,14,18,20,65-66,70-71H,3-11,13,15-17,19,21-64H2,1-2H3,(H,69,72)/b14-12-,20-18-. The zero-order valence-corrected chi connectivity index (χ0v) is 50.1. The Bertz CT molecular complexity index is 1150. The van der Waals surface area contributed by atoms with Crippen LogP contribution in [0.3, 0.4) is 0 Å². The van der Waals surface area contributed by atoms with E-state index in [0.717, 1.165) is 51.4 Å². The van der Waals surface area contributed by atoms with Crippen LogP contribution in [0.2, 0.25) is 0 Å². The zero-order valence-electron chi connectivity index (χ0n) is 50.1. The van der Waals surface area contributed by atoms with Crippen LogP contribution in [0.25, 0.3) is 0 Å². The fourth-order valence-electron chi connectivity index (χ4n) is 10.6. The number of aliphatic hydroxyl groups excluding tert-OH is 2. The first-order valence-electron chi connectivity index (χ1n) is 33.6. The molecule has 438 valence electrons. The normalized spacial score (nSPS) is 12.6. The third-order valence-electron chi connectivity index (χ3n) is 15.8. The highest BCUT2D eigenvalue weighted by atomic mass is 16.5. The highest BCUT2D eigenvalue weighted by Crippen LogP contribution is 2.19. The summed E-state index contributed by atoms with van der Waals surface area (Å²) in [7, 11) is 0. The second-order valence-electron chi connectivity index (χ2n) is 23.2. The molecule has 0 saturated heterocycles. The summed E-state index contributed by atoms with van der Waals surface area (Å²) in [6.07, 6.45) is 79.1. The zero-order chi connectivity index (χ0) is 53.6. The molecule has 0 aromatic carbocycles. The van der Waals surface area contributed by atoms with Gasteiger partial charge in [0.05, 0.1) is 25.4 Å². The summed E-state index contributed by atoms with van der Waals surface area (Å²) in [5.41, 5.74) is 0. The van der Waals surface area contributed by atoms with E-state index in [4.69, 9.17) is 4.74 Å². The summed E-state index contributed by atoms with van der Waals surface area (Å²) in [6, 6.07) is -0.546. The lowest BCUT2D eigenvalue weighted by atomic mass is 10.0. The molecule has 0 spiro atoms. The van der Waals surface area contributed by atoms with Crippen molar-refractivity contribution < 1.29 is 24.5 Å². The number of esters is 1. The van der Waals surface area contributed by atoms with E-state index < -0.39 is 12.1 Å². The van der Waals surface area contributed by atoms with Crippen LogP contribution in [0.5, 0.6) is 0 Å². The van der Waals surface area contributed by atoms with Crippen molar-refractivity contribution in [1.82, 2.24) is 5.32 Å². The minimum absolute atomic E-state index is 0.000616. The summed E-state index contributed by atoms with van der Waals surface area (Å²) >= 11 is 0. The third-order valence-corrected chi connectivity index (χ3v) is 15.8. The Kier molecular flexibility index (Phi) is 62.4. The van der Waals surface area contributed by atoms with Crippen molar-refractivity contribution >= 4 is 11.9 Å². The van der Waals surface area contributed by atoms with Crippen molar-refractivity contribution in [3.8, 4) is 0 Å². The number of hydrogen-bond donors (Lipinski definition) is 3. The second-order valence-corrected chi connectivity index (χ2v) is 23.2. The average Bonchev–Trinajstić information content (AvgIpc) is 3.40. The molecular weight excluding hydrogens is 911 g/mol. The molecule has 0 aromatic heterocycles. The van der Waals surface area contributed by atoms with Crippen molar-refractivity contribution in [2.24, 2.45) is 0 Å². The Morgan fingerprint density at radius 1 is 0.378 bits per heavy atom. The van der Waals surface area contributed by atoms with Gasteiger partial charge in [0, 0.05) is 12.8 Å². The Morgan fingerprint density at radius 2 is 0.676 bits per heavy atom. The van der Waals surface area contributed by atoms with Gasteiger partial charge in [0.25, 0.3) is 0 Å². The summed E-state index contributed by atoms with van der Waals surface area (Å²) in [5.74, 6) is -0.0344. The molecule has 0 radical (unpaired) electrons. The van der Waals surface area contributed by atoms with E-state index in [1.54, 1.807) is 0 Å². The van der Waals surface area contributed by atoms with E-state index >= 15 is 0 Å². The molecule has 6 nitrogen and oxygen atoms in total. The lowest BCUT2D eigenvalue weighted by Crippen LogP contribution is -2.45. The maximum Gasteiger partial charge on any atom is 0.305 e. The number of aliphatic hydroxyl groups is 2. The van der Waals surface area contributed by atoms with Crippen LogP contribution in [-0.2, 0) is 14.3 Å². The Morgan fingerprint density at radius 3 is 1.05 bits per heavy atom. The predicted molar refractivity (Wildman–Crippen MR) is 324 cm³/mol. The predicted octanol–water partition coefficient (Wildman–Crippen LogP) is 21.4. The average molecular weight is 1040 g/mol. The molecule has 0 fully saturated rings. The molecule has 0 aliphatic heterocycles. The number of amides is 1. The largest absolute Gasteiger partial charge is 0.466 e. The molecule has 2 unspecified atom stereocenters. The summed E-state index contributed by atoms with van der Waals surface area (Å²) in [6.45, 7) is 4.95. The van der Waals surface area contributed by atoms with E-state index in [9.17, 15) is 19.8 Å². The van der Waals surface area contributed by atoms with Crippen molar-refractivity contribution in [1.29, 1.82) is 0 Å². The summed E-state index contributed by atoms with van der Waals surface area (Å²) in [5, 5.41) is 23.4. The molecule has 2 atom stereocenters. The van der Waals surface area contributed by atoms with Gasteiger partial charge in [0.15, 0.2) is 0 Å². The van der Waals surface area contributed by atoms with Gasteiger partial charge in [0.1, 0.15) is 0 Å². The lowest BCUT2D eigenvalue weighted by molar-refractivity contribution is -0.143. The first-order valence-corrected chi connectivity index (χ1v) is 33.6. The van der Waals surface area contributed by atoms with Crippen molar-refractivity contribution in [2.45, 2.75) is 386 Å². The lowest BCUT2D eigenvalue weighted by Gasteiger charge is -2.22. The van der Waals surface area contributed by atoms with Crippen molar-refractivity contribution in [2.75, 3.05) is 13.2 Å². The summed E-state index contributed by atoms with van der Waals surface area (Å²) < 4.78 is 5.49. The fraction of sp³-hybridized carbons (Fsp3) is 0.912. The number of nitrogens with one attached hydrogen (secondary N) is 1. The van der Waals surface area contributed by atoms with E-state index in [0.29, 0.717) is 25.9 Å². The molecule has 0 bridgehead atoms. The maximum atomic E-state index is 12.5. The van der Waals surface area contributed by atoms with E-state index in [1.807, 2.05) is 0 Å². The molecule has 74 heavy (non-hydrogen) atoms. The topological polar surface area (TPSA) is 95.9 Å². The number of carbonyl (C=O) groups is 2. The van der Waals surface area contributed by atoms with Crippen LogP contribution in [0.1, 0.15) is 373 Å². The molecule has 6 heteroatoms. The number of carbonyl (C=O) groups excluding carboxylic acids is 2. The number of allylic oxidation sites excluding steroid dienone is 4. The Balaban J connectivity index is 3.40. The molecule has 3 N–H and O–H groups in total. The van der Waals surface area contributed by atoms with Gasteiger partial charge in [0.2, 0.25) is 5.91 Å². The van der Waals surface area contributed by atoms with Gasteiger partial charge in [-0.05, 0) is 57.8 Å². The first kappa shape index (κ1) is 72.3. The van der Waals surface area contributed by atoms with Crippen molar-refractivity contribution in [3.63, 3.8) is 0 Å². The third kappa shape index (κ3) is 59.6. The van der Waals surface area contributed by atoms with Crippen LogP contribution >= 0.6 is 0 Å². The smallest absolute Gasteiger partial charge is 0.305 e. The second kappa shape index (κ2) is 63.9. The SMILES string of the molecule is CCCCC/C=C\C/C=C\CCCCCCCCCC(=O)OCCCCCCCCCCCCCCCCCCCCC(=O)NC(CO)C(O)CCCCCCCCCCCCCCCCCCCCCCCC. The van der Waals surface area contributed by atoms with Gasteiger partial charge in [-0.2, -0.15) is 0 Å². The fourth-order valence-corrected chi connectivity index (χ4v) is 10.6. The molecule has 0 saturated carbocycles. The van der Waals surface area contributed by atoms with E-state index in [-0.39, 0.29) is 18.5 Å². The van der Waals surface area contributed by atoms with Gasteiger partial charge in [-0.1, -0.05) is 327 Å². The number of hydrogen-bond acceptors (Lipinski definition) is 5. The minimum Gasteiger partial charge on any atom is -0.466 e. The molecule has 0 aliphatic carbocycles. The highest BCUT2D eigenvalue weighted by molar-refractivity contribution is 5.76. The molecule has 0 aliphatic rings. The van der Waals surface area contributed by atoms with Crippen LogP contribution in [0.15, 0.2) is 24.3 Å². The molecule has 0 heterocycles. The molecule has 0 rings (SSSR count). The van der Waals surface area contributed by atoms with E-state index in [1.165, 1.54) is 289 Å². The minimum atomic E-state index is -0.668. The highest BCUT2D eigenvalue weighted by Gasteiger charge is 2.20. The van der Waals surface area contributed by atoms with Gasteiger partial charge in [-0.15, -0.1) is 0 Å². The van der Waals surface area contributed by atoms with Crippen LogP contribution in [-0.4, -0.2) is 47.4 Å². The monoisotopic (exact) mass is 1040 g/mol. The number of ether oxygens (including phenoxy) is 1. The van der Waals surface area contributed by atoms with Crippen molar-refractivity contribution in [3.05, 3.63) is 24.3 Å². The van der Waals surface area contributed by atoms with Gasteiger partial charge >= 0.3 is 5.97 Å². The van der Waals surface area contributed by atoms with Gasteiger partial charge < -0.3 is 20.3 Å². The van der Waals surface area contributed by atoms with Gasteiger partial charge in [-0.25, -0.2) is 0 Å². The van der Waals surface area contributed by atoms with E-state index in [2.05, 4.69) is 43.5 Å². The molecular formula is C68H131NO5. The quantitative estimate of drug-likeness (QED) is 0.0320. The first-order chi connectivity index (χ1) is 36.5.